The molecule has 19 heavy (non-hydrogen) atoms. The van der Waals surface area contributed by atoms with Crippen LogP contribution >= 0.6 is 0 Å². The summed E-state index contributed by atoms with van der Waals surface area (Å²) in [5.74, 6) is 0.260. The normalized spacial score (nSPS) is 11.1. The molecule has 5 nitrogen and oxygen atoms in total. The highest BCUT2D eigenvalue weighted by molar-refractivity contribution is 5.94. The van der Waals surface area contributed by atoms with Crippen LogP contribution in [0.1, 0.15) is 11.4 Å². The molecule has 0 bridgehead atoms. The van der Waals surface area contributed by atoms with E-state index in [2.05, 4.69) is 10.3 Å². The highest BCUT2D eigenvalue weighted by atomic mass is 16.3. The Bertz CT molecular complexity index is 748. The molecule has 0 aliphatic rings. The van der Waals surface area contributed by atoms with Crippen LogP contribution in [-0.4, -0.2) is 20.1 Å². The molecule has 0 amide bonds. The van der Waals surface area contributed by atoms with Gasteiger partial charge in [-0.05, 0) is 19.1 Å². The molecule has 1 aromatic heterocycles. The molecule has 5 heteroatoms. The van der Waals surface area contributed by atoms with Crippen LogP contribution in [0.25, 0.3) is 16.5 Å². The van der Waals surface area contributed by atoms with Gasteiger partial charge in [0, 0.05) is 17.3 Å². The second-order valence-electron chi connectivity index (χ2n) is 4.39. The topological polar surface area (TPSA) is 77.0 Å². The number of phenolic OH excluding ortho intramolecular Hbond substituents is 1. The first-order valence-corrected chi connectivity index (χ1v) is 6.04. The van der Waals surface area contributed by atoms with Crippen LogP contribution in [0.15, 0.2) is 36.4 Å². The third-order valence-electron chi connectivity index (χ3n) is 3.29. The van der Waals surface area contributed by atoms with Gasteiger partial charge in [0.15, 0.2) is 0 Å². The number of hydrogen-bond donors (Lipinski definition) is 2. The Hall–Kier alpha value is -2.40. The fraction of sp³-hybridized carbons (Fsp3) is 0.143. The number of phenols is 1. The molecule has 0 fully saturated rings. The molecule has 0 saturated heterocycles. The Morgan fingerprint density at radius 2 is 1.89 bits per heavy atom. The first-order chi connectivity index (χ1) is 9.22. The van der Waals surface area contributed by atoms with Crippen LogP contribution in [0.3, 0.4) is 0 Å². The summed E-state index contributed by atoms with van der Waals surface area (Å²) >= 11 is 0. The molecule has 0 spiro atoms. The van der Waals surface area contributed by atoms with E-state index in [9.17, 15) is 5.11 Å². The van der Waals surface area contributed by atoms with Crippen molar-refractivity contribution in [2.45, 2.75) is 13.5 Å². The van der Waals surface area contributed by atoms with E-state index in [-0.39, 0.29) is 5.75 Å². The fourth-order valence-electron chi connectivity index (χ4n) is 2.24. The highest BCUT2D eigenvalue weighted by Crippen LogP contribution is 2.29. The standard InChI is InChI=1S/C14H14N4O/c1-9-12(8-15)16-17-18(9)13-6-2-5-11-10(13)4-3-7-14(11)19/h2-7,19H,8,15H2,1H3. The number of hydrogen-bond acceptors (Lipinski definition) is 4. The molecule has 0 atom stereocenters. The number of rotatable bonds is 2. The summed E-state index contributed by atoms with van der Waals surface area (Å²) in [5, 5.41) is 19.8. The summed E-state index contributed by atoms with van der Waals surface area (Å²) < 4.78 is 1.75. The Morgan fingerprint density at radius 1 is 1.16 bits per heavy atom. The van der Waals surface area contributed by atoms with Crippen LogP contribution in [0, 0.1) is 6.92 Å². The van der Waals surface area contributed by atoms with Gasteiger partial charge in [-0.15, -0.1) is 5.10 Å². The van der Waals surface area contributed by atoms with Crippen molar-refractivity contribution in [1.82, 2.24) is 15.0 Å². The quantitative estimate of drug-likeness (QED) is 0.732. The lowest BCUT2D eigenvalue weighted by Gasteiger charge is -2.08. The van der Waals surface area contributed by atoms with E-state index in [1.165, 1.54) is 0 Å². The zero-order valence-electron chi connectivity index (χ0n) is 10.5. The van der Waals surface area contributed by atoms with E-state index in [1.807, 2.05) is 37.3 Å². The Kier molecular flexibility index (Phi) is 2.68. The van der Waals surface area contributed by atoms with Crippen molar-refractivity contribution in [2.75, 3.05) is 0 Å². The van der Waals surface area contributed by atoms with Crippen LogP contribution in [0.4, 0.5) is 0 Å². The smallest absolute Gasteiger partial charge is 0.123 e. The van der Waals surface area contributed by atoms with Crippen LogP contribution in [-0.2, 0) is 6.54 Å². The number of fused-ring (bicyclic) bond motifs is 1. The van der Waals surface area contributed by atoms with Crippen molar-refractivity contribution in [3.05, 3.63) is 47.8 Å². The summed E-state index contributed by atoms with van der Waals surface area (Å²) in [5.41, 5.74) is 8.20. The lowest BCUT2D eigenvalue weighted by molar-refractivity contribution is 0.481. The molecule has 96 valence electrons. The number of aromatic nitrogens is 3. The molecular formula is C14H14N4O. The third-order valence-corrected chi connectivity index (χ3v) is 3.29. The van der Waals surface area contributed by atoms with Crippen LogP contribution in [0.2, 0.25) is 0 Å². The number of nitrogens with two attached hydrogens (primary N) is 1. The predicted octanol–water partition coefficient (Wildman–Crippen LogP) is 1.89. The minimum absolute atomic E-state index is 0.260. The number of aromatic hydroxyl groups is 1. The Balaban J connectivity index is 2.31. The summed E-state index contributed by atoms with van der Waals surface area (Å²) in [7, 11) is 0. The summed E-state index contributed by atoms with van der Waals surface area (Å²) in [6.45, 7) is 2.30. The molecule has 0 radical (unpaired) electrons. The van der Waals surface area contributed by atoms with Gasteiger partial charge in [0.1, 0.15) is 5.75 Å². The minimum atomic E-state index is 0.260. The molecule has 2 aromatic carbocycles. The van der Waals surface area contributed by atoms with Gasteiger partial charge in [-0.1, -0.05) is 29.5 Å². The molecule has 3 rings (SSSR count). The monoisotopic (exact) mass is 254 g/mol. The SMILES string of the molecule is Cc1c(CN)nnn1-c1cccc2c(O)cccc12. The zero-order chi connectivity index (χ0) is 13.4. The molecule has 0 aliphatic carbocycles. The minimum Gasteiger partial charge on any atom is -0.507 e. The zero-order valence-corrected chi connectivity index (χ0v) is 10.5. The van der Waals surface area contributed by atoms with Crippen molar-refractivity contribution in [1.29, 1.82) is 0 Å². The van der Waals surface area contributed by atoms with Crippen LogP contribution in [0.5, 0.6) is 5.75 Å². The Labute approximate surface area is 110 Å². The molecule has 3 N–H and O–H groups in total. The first-order valence-electron chi connectivity index (χ1n) is 6.04. The van der Waals surface area contributed by atoms with Crippen molar-refractivity contribution in [3.63, 3.8) is 0 Å². The van der Waals surface area contributed by atoms with E-state index in [0.29, 0.717) is 6.54 Å². The van der Waals surface area contributed by atoms with Gasteiger partial charge < -0.3 is 10.8 Å². The van der Waals surface area contributed by atoms with Gasteiger partial charge in [-0.25, -0.2) is 4.68 Å². The average molecular weight is 254 g/mol. The molecule has 0 unspecified atom stereocenters. The maximum absolute atomic E-state index is 9.90. The Morgan fingerprint density at radius 3 is 2.63 bits per heavy atom. The van der Waals surface area contributed by atoms with E-state index in [4.69, 9.17) is 5.73 Å². The number of nitrogens with zero attached hydrogens (tertiary/aromatic N) is 3. The molecule has 0 aliphatic heterocycles. The second-order valence-corrected chi connectivity index (χ2v) is 4.39. The highest BCUT2D eigenvalue weighted by Gasteiger charge is 2.11. The largest absolute Gasteiger partial charge is 0.507 e. The maximum atomic E-state index is 9.90. The van der Waals surface area contributed by atoms with Gasteiger partial charge in [-0.2, -0.15) is 0 Å². The first kappa shape index (κ1) is 11.7. The second kappa shape index (κ2) is 4.37. The average Bonchev–Trinajstić information content (AvgIpc) is 2.80. The van der Waals surface area contributed by atoms with Gasteiger partial charge in [0.25, 0.3) is 0 Å². The van der Waals surface area contributed by atoms with Crippen molar-refractivity contribution in [3.8, 4) is 11.4 Å². The lowest BCUT2D eigenvalue weighted by Crippen LogP contribution is -2.02. The van der Waals surface area contributed by atoms with Crippen molar-refractivity contribution < 1.29 is 5.11 Å². The van der Waals surface area contributed by atoms with Gasteiger partial charge in [0.2, 0.25) is 0 Å². The lowest BCUT2D eigenvalue weighted by atomic mass is 10.1. The van der Waals surface area contributed by atoms with E-state index in [0.717, 1.165) is 27.8 Å². The van der Waals surface area contributed by atoms with Crippen LogP contribution < -0.4 is 5.73 Å². The van der Waals surface area contributed by atoms with E-state index in [1.54, 1.807) is 10.7 Å². The van der Waals surface area contributed by atoms with E-state index < -0.39 is 0 Å². The summed E-state index contributed by atoms with van der Waals surface area (Å²) in [6, 6.07) is 11.2. The predicted molar refractivity (Wildman–Crippen MR) is 73.2 cm³/mol. The van der Waals surface area contributed by atoms with Gasteiger partial charge >= 0.3 is 0 Å². The molecule has 1 heterocycles. The maximum Gasteiger partial charge on any atom is 0.123 e. The van der Waals surface area contributed by atoms with Gasteiger partial charge in [-0.3, -0.25) is 0 Å². The molecular weight excluding hydrogens is 240 g/mol. The van der Waals surface area contributed by atoms with Gasteiger partial charge in [0.05, 0.1) is 17.1 Å². The van der Waals surface area contributed by atoms with Crippen molar-refractivity contribution >= 4 is 10.8 Å². The fourth-order valence-corrected chi connectivity index (χ4v) is 2.24. The molecule has 3 aromatic rings. The number of benzene rings is 2. The van der Waals surface area contributed by atoms with Crippen molar-refractivity contribution in [2.24, 2.45) is 5.73 Å². The third kappa shape index (κ3) is 1.75. The summed E-state index contributed by atoms with van der Waals surface area (Å²) in [6.07, 6.45) is 0. The molecule has 0 saturated carbocycles. The van der Waals surface area contributed by atoms with E-state index >= 15 is 0 Å². The summed E-state index contributed by atoms with van der Waals surface area (Å²) in [4.78, 5) is 0.